The number of carbonyl (C=O) groups excluding carboxylic acids is 1. The predicted molar refractivity (Wildman–Crippen MR) is 144 cm³/mol. The standard InChI is InChI=1S/C30H26ClF5N2O3/c1-40-29(39)19-9-12-27(21(13-19)30(34,35)36)41-16-26(17-5-3-2-4-6-17)38-25-15-23(33)22(32)14-24(25)37-28(38)18-7-10-20(31)11-8-18/h7-15,17,26H,2-6,16H2,1H3. The number of alkyl halides is 3. The molecular formula is C30H26ClF5N2O3. The summed E-state index contributed by atoms with van der Waals surface area (Å²) in [6.07, 6.45) is -0.429. The summed E-state index contributed by atoms with van der Waals surface area (Å²) in [4.78, 5) is 16.5. The van der Waals surface area contributed by atoms with Gasteiger partial charge in [-0.3, -0.25) is 0 Å². The van der Waals surface area contributed by atoms with Crippen molar-refractivity contribution in [2.75, 3.05) is 13.7 Å². The minimum absolute atomic E-state index is 0.0380. The fourth-order valence-electron chi connectivity index (χ4n) is 5.47. The molecule has 4 aromatic rings. The predicted octanol–water partition coefficient (Wildman–Crippen LogP) is 8.64. The Morgan fingerprint density at radius 3 is 2.37 bits per heavy atom. The molecule has 1 fully saturated rings. The number of ether oxygens (including phenoxy) is 2. The molecule has 1 atom stereocenters. The van der Waals surface area contributed by atoms with Crippen LogP contribution >= 0.6 is 11.6 Å². The highest BCUT2D eigenvalue weighted by Gasteiger charge is 2.36. The third-order valence-corrected chi connectivity index (χ3v) is 7.73. The molecule has 0 amide bonds. The van der Waals surface area contributed by atoms with Gasteiger partial charge in [0.2, 0.25) is 0 Å². The average molecular weight is 593 g/mol. The molecule has 1 heterocycles. The number of esters is 1. The number of nitrogens with zero attached hydrogens (tertiary/aromatic N) is 2. The molecule has 1 aliphatic rings. The van der Waals surface area contributed by atoms with Crippen LogP contribution in [0, 0.1) is 17.6 Å². The summed E-state index contributed by atoms with van der Waals surface area (Å²) in [5.41, 5.74) is -0.271. The number of benzene rings is 3. The van der Waals surface area contributed by atoms with Crippen molar-refractivity contribution in [2.24, 2.45) is 5.92 Å². The maximum absolute atomic E-state index is 14.5. The van der Waals surface area contributed by atoms with Crippen molar-refractivity contribution in [1.82, 2.24) is 9.55 Å². The largest absolute Gasteiger partial charge is 0.491 e. The Hall–Kier alpha value is -3.66. The second-order valence-corrected chi connectivity index (χ2v) is 10.5. The molecule has 1 unspecified atom stereocenters. The number of fused-ring (bicyclic) bond motifs is 1. The summed E-state index contributed by atoms with van der Waals surface area (Å²) < 4.78 is 83.0. The molecule has 11 heteroatoms. The molecule has 216 valence electrons. The topological polar surface area (TPSA) is 53.4 Å². The first-order valence-electron chi connectivity index (χ1n) is 13.1. The summed E-state index contributed by atoms with van der Waals surface area (Å²) >= 11 is 6.09. The van der Waals surface area contributed by atoms with Gasteiger partial charge in [-0.1, -0.05) is 30.9 Å². The van der Waals surface area contributed by atoms with E-state index >= 15 is 0 Å². The number of halogens is 6. The number of aromatic nitrogens is 2. The summed E-state index contributed by atoms with van der Waals surface area (Å²) in [7, 11) is 1.08. The summed E-state index contributed by atoms with van der Waals surface area (Å²) in [5.74, 6) is -3.14. The third kappa shape index (κ3) is 6.02. The van der Waals surface area contributed by atoms with Crippen LogP contribution in [-0.2, 0) is 10.9 Å². The monoisotopic (exact) mass is 592 g/mol. The number of rotatable bonds is 7. The highest BCUT2D eigenvalue weighted by Crippen LogP contribution is 2.41. The molecule has 1 saturated carbocycles. The van der Waals surface area contributed by atoms with Gasteiger partial charge in [-0.05, 0) is 61.2 Å². The average Bonchev–Trinajstić information content (AvgIpc) is 3.31. The van der Waals surface area contributed by atoms with Gasteiger partial charge in [0.15, 0.2) is 11.6 Å². The fraction of sp³-hybridized carbons (Fsp3) is 0.333. The Balaban J connectivity index is 1.63. The molecule has 0 bridgehead atoms. The van der Waals surface area contributed by atoms with Gasteiger partial charge < -0.3 is 14.0 Å². The Morgan fingerprint density at radius 2 is 1.71 bits per heavy atom. The van der Waals surface area contributed by atoms with Crippen molar-refractivity contribution in [3.63, 3.8) is 0 Å². The van der Waals surface area contributed by atoms with Gasteiger partial charge in [0.05, 0.1) is 35.3 Å². The minimum Gasteiger partial charge on any atom is -0.491 e. The minimum atomic E-state index is -4.81. The maximum Gasteiger partial charge on any atom is 0.419 e. The first-order chi connectivity index (χ1) is 19.6. The van der Waals surface area contributed by atoms with E-state index in [1.165, 1.54) is 6.07 Å². The van der Waals surface area contributed by atoms with E-state index in [4.69, 9.17) is 16.3 Å². The molecule has 5 rings (SSSR count). The van der Waals surface area contributed by atoms with Gasteiger partial charge in [-0.15, -0.1) is 0 Å². The van der Waals surface area contributed by atoms with Crippen LogP contribution in [-0.4, -0.2) is 29.2 Å². The lowest BCUT2D eigenvalue weighted by Gasteiger charge is -2.33. The third-order valence-electron chi connectivity index (χ3n) is 7.48. The van der Waals surface area contributed by atoms with Crippen molar-refractivity contribution in [3.8, 4) is 17.1 Å². The zero-order valence-corrected chi connectivity index (χ0v) is 22.7. The van der Waals surface area contributed by atoms with E-state index in [1.54, 1.807) is 28.8 Å². The highest BCUT2D eigenvalue weighted by atomic mass is 35.5. The first-order valence-corrected chi connectivity index (χ1v) is 13.5. The van der Waals surface area contributed by atoms with Crippen LogP contribution in [0.15, 0.2) is 54.6 Å². The lowest BCUT2D eigenvalue weighted by molar-refractivity contribution is -0.139. The van der Waals surface area contributed by atoms with Gasteiger partial charge in [0, 0.05) is 22.7 Å². The summed E-state index contributed by atoms with van der Waals surface area (Å²) in [5, 5.41) is 0.482. The number of methoxy groups -OCH3 is 1. The van der Waals surface area contributed by atoms with Crippen molar-refractivity contribution >= 4 is 28.6 Å². The molecule has 0 spiro atoms. The lowest BCUT2D eigenvalue weighted by atomic mass is 9.83. The fourth-order valence-corrected chi connectivity index (χ4v) is 5.59. The quantitative estimate of drug-likeness (QED) is 0.159. The van der Waals surface area contributed by atoms with Crippen LogP contribution in [0.3, 0.4) is 0 Å². The van der Waals surface area contributed by atoms with E-state index in [2.05, 4.69) is 9.72 Å². The zero-order chi connectivity index (χ0) is 29.3. The van der Waals surface area contributed by atoms with Crippen molar-refractivity contribution in [3.05, 3.63) is 82.4 Å². The molecule has 41 heavy (non-hydrogen) atoms. The van der Waals surface area contributed by atoms with Gasteiger partial charge in [0.1, 0.15) is 18.2 Å². The molecule has 1 aliphatic carbocycles. The second-order valence-electron chi connectivity index (χ2n) is 10.0. The molecule has 0 saturated heterocycles. The van der Waals surface area contributed by atoms with Crippen molar-refractivity contribution < 1.29 is 36.2 Å². The SMILES string of the molecule is COC(=O)c1ccc(OCC(C2CCCCC2)n2c(-c3ccc(Cl)cc3)nc3cc(F)c(F)cc32)c(C(F)(F)F)c1. The molecule has 0 N–H and O–H groups in total. The Labute approximate surface area is 237 Å². The van der Waals surface area contributed by atoms with Crippen LogP contribution in [0.25, 0.3) is 22.4 Å². The molecule has 0 aliphatic heterocycles. The first kappa shape index (κ1) is 28.9. The van der Waals surface area contributed by atoms with Crippen molar-refractivity contribution in [2.45, 2.75) is 44.3 Å². The molecule has 5 nitrogen and oxygen atoms in total. The smallest absolute Gasteiger partial charge is 0.419 e. The van der Waals surface area contributed by atoms with Crippen LogP contribution < -0.4 is 4.74 Å². The molecule has 1 aromatic heterocycles. The molecule has 3 aromatic carbocycles. The zero-order valence-electron chi connectivity index (χ0n) is 22.0. The summed E-state index contributed by atoms with van der Waals surface area (Å²) in [6.45, 7) is -0.212. The number of hydrogen-bond donors (Lipinski definition) is 0. The molecular weight excluding hydrogens is 567 g/mol. The number of carbonyl (C=O) groups is 1. The lowest BCUT2D eigenvalue weighted by Crippen LogP contribution is -2.28. The van der Waals surface area contributed by atoms with Gasteiger partial charge in [-0.2, -0.15) is 13.2 Å². The maximum atomic E-state index is 14.5. The van der Waals surface area contributed by atoms with Gasteiger partial charge >= 0.3 is 12.1 Å². The van der Waals surface area contributed by atoms with Gasteiger partial charge in [0.25, 0.3) is 0 Å². The second kappa shape index (κ2) is 11.7. The van der Waals surface area contributed by atoms with Crippen LogP contribution in [0.1, 0.15) is 54.1 Å². The highest BCUT2D eigenvalue weighted by molar-refractivity contribution is 6.30. The van der Waals surface area contributed by atoms with Gasteiger partial charge in [-0.25, -0.2) is 18.6 Å². The van der Waals surface area contributed by atoms with E-state index in [9.17, 15) is 26.7 Å². The van der Waals surface area contributed by atoms with Crippen LogP contribution in [0.4, 0.5) is 22.0 Å². The van der Waals surface area contributed by atoms with E-state index in [1.807, 2.05) is 0 Å². The van der Waals surface area contributed by atoms with E-state index < -0.39 is 41.1 Å². The van der Waals surface area contributed by atoms with E-state index in [-0.39, 0.29) is 23.6 Å². The van der Waals surface area contributed by atoms with Crippen LogP contribution in [0.2, 0.25) is 5.02 Å². The van der Waals surface area contributed by atoms with E-state index in [0.29, 0.717) is 28.0 Å². The van der Waals surface area contributed by atoms with Crippen LogP contribution in [0.5, 0.6) is 5.75 Å². The Kier molecular flexibility index (Phi) is 8.22. The number of hydrogen-bond acceptors (Lipinski definition) is 4. The van der Waals surface area contributed by atoms with Crippen molar-refractivity contribution in [1.29, 1.82) is 0 Å². The summed E-state index contributed by atoms with van der Waals surface area (Å²) in [6, 6.07) is 11.2. The number of imidazole rings is 1. The Bertz CT molecular complexity index is 1560. The normalized spacial score (nSPS) is 15.2. The Morgan fingerprint density at radius 1 is 1.02 bits per heavy atom. The van der Waals surface area contributed by atoms with E-state index in [0.717, 1.165) is 57.4 Å². The molecule has 0 radical (unpaired) electrons.